The third-order valence-electron chi connectivity index (χ3n) is 2.15. The van der Waals surface area contributed by atoms with Crippen molar-refractivity contribution >= 4 is 11.6 Å². The summed E-state index contributed by atoms with van der Waals surface area (Å²) in [6, 6.07) is 3.04. The maximum atomic E-state index is 12.9. The van der Waals surface area contributed by atoms with E-state index in [1.54, 1.807) is 0 Å². The van der Waals surface area contributed by atoms with Crippen LogP contribution in [0.3, 0.4) is 0 Å². The highest BCUT2D eigenvalue weighted by Gasteiger charge is 2.12. The number of hydrogen-bond acceptors (Lipinski definition) is 3. The van der Waals surface area contributed by atoms with Gasteiger partial charge in [0.25, 0.3) is 0 Å². The van der Waals surface area contributed by atoms with Gasteiger partial charge in [0, 0.05) is 11.8 Å². The van der Waals surface area contributed by atoms with E-state index < -0.39 is 17.6 Å². The molecule has 5 heteroatoms. The van der Waals surface area contributed by atoms with Crippen LogP contribution < -0.4 is 11.1 Å². The first-order valence-electron chi connectivity index (χ1n) is 5.09. The van der Waals surface area contributed by atoms with Crippen LogP contribution in [0, 0.1) is 5.82 Å². The molecule has 1 amide bonds. The maximum Gasteiger partial charge on any atom is 0.241 e. The van der Waals surface area contributed by atoms with Gasteiger partial charge in [-0.1, -0.05) is 13.3 Å². The minimum atomic E-state index is -0.776. The average Bonchev–Trinajstić information content (AvgIpc) is 2.24. The molecule has 1 aromatic rings. The second kappa shape index (κ2) is 5.46. The first-order valence-corrected chi connectivity index (χ1v) is 5.09. The summed E-state index contributed by atoms with van der Waals surface area (Å²) in [5.74, 6) is -1.58. The molecule has 88 valence electrons. The van der Waals surface area contributed by atoms with E-state index >= 15 is 0 Å². The monoisotopic (exact) mass is 226 g/mol. The quantitative estimate of drug-likeness (QED) is 0.682. The molecule has 0 aromatic heterocycles. The SMILES string of the molecule is CCC[C@@H](N)C(=O)Nc1ccc(O)c(F)c1. The van der Waals surface area contributed by atoms with E-state index in [9.17, 15) is 9.18 Å². The van der Waals surface area contributed by atoms with Crippen molar-refractivity contribution in [2.24, 2.45) is 5.73 Å². The summed E-state index contributed by atoms with van der Waals surface area (Å²) in [4.78, 5) is 11.5. The number of rotatable bonds is 4. The summed E-state index contributed by atoms with van der Waals surface area (Å²) in [6.07, 6.45) is 1.38. The Morgan fingerprint density at radius 2 is 2.31 bits per heavy atom. The van der Waals surface area contributed by atoms with Crippen molar-refractivity contribution in [3.05, 3.63) is 24.0 Å². The molecule has 0 radical (unpaired) electrons. The average molecular weight is 226 g/mol. The van der Waals surface area contributed by atoms with Gasteiger partial charge >= 0.3 is 0 Å². The summed E-state index contributed by atoms with van der Waals surface area (Å²) < 4.78 is 12.9. The van der Waals surface area contributed by atoms with Crippen LogP contribution in [0.25, 0.3) is 0 Å². The van der Waals surface area contributed by atoms with Crippen molar-refractivity contribution in [3.8, 4) is 5.75 Å². The Hall–Kier alpha value is -1.62. The van der Waals surface area contributed by atoms with Gasteiger partial charge in [-0.3, -0.25) is 4.79 Å². The highest BCUT2D eigenvalue weighted by molar-refractivity contribution is 5.94. The second-order valence-electron chi connectivity index (χ2n) is 3.55. The molecule has 0 spiro atoms. The van der Waals surface area contributed by atoms with Crippen LogP contribution >= 0.6 is 0 Å². The molecule has 0 heterocycles. The van der Waals surface area contributed by atoms with E-state index in [1.165, 1.54) is 12.1 Å². The number of anilines is 1. The van der Waals surface area contributed by atoms with Gasteiger partial charge in [-0.05, 0) is 18.6 Å². The fraction of sp³-hybridized carbons (Fsp3) is 0.364. The molecule has 0 bridgehead atoms. The zero-order valence-electron chi connectivity index (χ0n) is 9.03. The summed E-state index contributed by atoms with van der Waals surface area (Å²) in [6.45, 7) is 1.92. The Kier molecular flexibility index (Phi) is 4.25. The van der Waals surface area contributed by atoms with E-state index in [0.717, 1.165) is 12.5 Å². The van der Waals surface area contributed by atoms with Crippen LogP contribution in [0.4, 0.5) is 10.1 Å². The van der Waals surface area contributed by atoms with Gasteiger partial charge < -0.3 is 16.2 Å². The zero-order chi connectivity index (χ0) is 12.1. The first kappa shape index (κ1) is 12.4. The van der Waals surface area contributed by atoms with Crippen LogP contribution in [0.1, 0.15) is 19.8 Å². The molecule has 0 aliphatic carbocycles. The lowest BCUT2D eigenvalue weighted by molar-refractivity contribution is -0.117. The molecule has 4 nitrogen and oxygen atoms in total. The van der Waals surface area contributed by atoms with Gasteiger partial charge in [0.2, 0.25) is 5.91 Å². The maximum absolute atomic E-state index is 12.9. The number of phenols is 1. The molecule has 0 aliphatic rings. The van der Waals surface area contributed by atoms with E-state index in [-0.39, 0.29) is 11.6 Å². The Bertz CT molecular complexity index is 382. The lowest BCUT2D eigenvalue weighted by Gasteiger charge is -2.11. The largest absolute Gasteiger partial charge is 0.505 e. The standard InChI is InChI=1S/C11H15FN2O2/c1-2-3-9(13)11(16)14-7-4-5-10(15)8(12)6-7/h4-6,9,15H,2-3,13H2,1H3,(H,14,16)/t9-/m1/s1. The van der Waals surface area contributed by atoms with Gasteiger partial charge in [-0.25, -0.2) is 4.39 Å². The predicted molar refractivity (Wildman–Crippen MR) is 59.6 cm³/mol. The molecule has 0 fully saturated rings. The summed E-state index contributed by atoms with van der Waals surface area (Å²) >= 11 is 0. The van der Waals surface area contributed by atoms with Gasteiger partial charge in [-0.2, -0.15) is 0 Å². The number of benzene rings is 1. The van der Waals surface area contributed by atoms with Gasteiger partial charge in [0.15, 0.2) is 11.6 Å². The van der Waals surface area contributed by atoms with Gasteiger partial charge in [-0.15, -0.1) is 0 Å². The number of carbonyl (C=O) groups is 1. The summed E-state index contributed by atoms with van der Waals surface area (Å²) in [7, 11) is 0. The van der Waals surface area contributed by atoms with Crippen molar-refractivity contribution in [3.63, 3.8) is 0 Å². The van der Waals surface area contributed by atoms with Crippen LogP contribution in [0.15, 0.2) is 18.2 Å². The normalized spacial score (nSPS) is 12.2. The molecule has 0 saturated carbocycles. The Balaban J connectivity index is 2.66. The minimum Gasteiger partial charge on any atom is -0.505 e. The number of carbonyl (C=O) groups excluding carboxylic acids is 1. The van der Waals surface area contributed by atoms with Crippen LogP contribution in [0.5, 0.6) is 5.75 Å². The highest BCUT2D eigenvalue weighted by atomic mass is 19.1. The van der Waals surface area contributed by atoms with Crippen molar-refractivity contribution in [1.29, 1.82) is 0 Å². The molecule has 1 rings (SSSR count). The third kappa shape index (κ3) is 3.20. The molecular formula is C11H15FN2O2. The number of phenolic OH excluding ortho intramolecular Hbond substituents is 1. The number of hydrogen-bond donors (Lipinski definition) is 3. The lowest BCUT2D eigenvalue weighted by Crippen LogP contribution is -2.35. The molecule has 0 saturated heterocycles. The van der Waals surface area contributed by atoms with E-state index in [1.807, 2.05) is 6.92 Å². The molecule has 1 aromatic carbocycles. The molecular weight excluding hydrogens is 211 g/mol. The summed E-state index contributed by atoms with van der Waals surface area (Å²) in [5.41, 5.74) is 5.87. The van der Waals surface area contributed by atoms with E-state index in [2.05, 4.69) is 5.32 Å². The molecule has 4 N–H and O–H groups in total. The zero-order valence-corrected chi connectivity index (χ0v) is 9.03. The van der Waals surface area contributed by atoms with Crippen LogP contribution in [0.2, 0.25) is 0 Å². The molecule has 1 atom stereocenters. The van der Waals surface area contributed by atoms with Gasteiger partial charge in [0.1, 0.15) is 0 Å². The van der Waals surface area contributed by atoms with Crippen molar-refractivity contribution in [2.45, 2.75) is 25.8 Å². The van der Waals surface area contributed by atoms with E-state index in [0.29, 0.717) is 6.42 Å². The third-order valence-corrected chi connectivity index (χ3v) is 2.15. The topological polar surface area (TPSA) is 75.4 Å². The van der Waals surface area contributed by atoms with Crippen LogP contribution in [-0.2, 0) is 4.79 Å². The smallest absolute Gasteiger partial charge is 0.241 e. The first-order chi connectivity index (χ1) is 7.54. The number of amides is 1. The Labute approximate surface area is 93.3 Å². The number of nitrogens with two attached hydrogens (primary N) is 1. The molecule has 16 heavy (non-hydrogen) atoms. The van der Waals surface area contributed by atoms with Gasteiger partial charge in [0.05, 0.1) is 6.04 Å². The fourth-order valence-corrected chi connectivity index (χ4v) is 1.26. The second-order valence-corrected chi connectivity index (χ2v) is 3.55. The van der Waals surface area contributed by atoms with E-state index in [4.69, 9.17) is 10.8 Å². The summed E-state index contributed by atoms with van der Waals surface area (Å²) in [5, 5.41) is 11.4. The van der Waals surface area contributed by atoms with Crippen LogP contribution in [-0.4, -0.2) is 17.1 Å². The Morgan fingerprint density at radius 1 is 1.62 bits per heavy atom. The number of halogens is 1. The Morgan fingerprint density at radius 3 is 2.88 bits per heavy atom. The lowest BCUT2D eigenvalue weighted by atomic mass is 10.1. The predicted octanol–water partition coefficient (Wildman–Crippen LogP) is 1.60. The van der Waals surface area contributed by atoms with Crippen molar-refractivity contribution in [2.75, 3.05) is 5.32 Å². The number of aromatic hydroxyl groups is 1. The van der Waals surface area contributed by atoms with Crippen molar-refractivity contribution < 1.29 is 14.3 Å². The number of nitrogens with one attached hydrogen (secondary N) is 1. The fourth-order valence-electron chi connectivity index (χ4n) is 1.26. The van der Waals surface area contributed by atoms with Crippen molar-refractivity contribution in [1.82, 2.24) is 0 Å². The minimum absolute atomic E-state index is 0.284. The highest BCUT2D eigenvalue weighted by Crippen LogP contribution is 2.19. The molecule has 0 aliphatic heterocycles. The molecule has 0 unspecified atom stereocenters.